The Hall–Kier alpha value is -2.20. The van der Waals surface area contributed by atoms with Crippen LogP contribution in [0.3, 0.4) is 0 Å². The molecule has 3 nitrogen and oxygen atoms in total. The van der Waals surface area contributed by atoms with Crippen molar-refractivity contribution < 1.29 is 0 Å². The molecule has 0 unspecified atom stereocenters. The SMILES string of the molecule is Cc1cc(=O)n2c(n1)sc1cc3ccccc3cc12. The molecule has 4 aromatic rings. The van der Waals surface area contributed by atoms with Gasteiger partial charge < -0.3 is 0 Å². The van der Waals surface area contributed by atoms with E-state index < -0.39 is 0 Å². The minimum Gasteiger partial charge on any atom is -0.269 e. The van der Waals surface area contributed by atoms with Gasteiger partial charge in [-0.3, -0.25) is 9.20 Å². The molecule has 0 radical (unpaired) electrons. The zero-order valence-electron chi connectivity index (χ0n) is 10.3. The van der Waals surface area contributed by atoms with Gasteiger partial charge in [-0.1, -0.05) is 35.6 Å². The summed E-state index contributed by atoms with van der Waals surface area (Å²) >= 11 is 1.56. The first-order valence-electron chi connectivity index (χ1n) is 6.04. The van der Waals surface area contributed by atoms with Crippen LogP contribution in [-0.4, -0.2) is 9.38 Å². The van der Waals surface area contributed by atoms with Crippen molar-refractivity contribution in [1.82, 2.24) is 9.38 Å². The van der Waals surface area contributed by atoms with E-state index in [-0.39, 0.29) is 5.56 Å². The molecule has 4 rings (SSSR count). The molecule has 0 N–H and O–H groups in total. The minimum atomic E-state index is -0.0102. The lowest BCUT2D eigenvalue weighted by Crippen LogP contribution is -2.12. The molecule has 0 aliphatic heterocycles. The van der Waals surface area contributed by atoms with E-state index in [1.165, 1.54) is 5.39 Å². The molecule has 2 aromatic carbocycles. The standard InChI is InChI=1S/C15H10N2OS/c1-9-6-14(18)17-12-7-10-4-2-3-5-11(10)8-13(12)19-15(17)16-9/h2-8H,1H3. The molecule has 0 fully saturated rings. The van der Waals surface area contributed by atoms with Crippen LogP contribution in [0.2, 0.25) is 0 Å². The van der Waals surface area contributed by atoms with Crippen LogP contribution in [0.15, 0.2) is 47.3 Å². The number of aryl methyl sites for hydroxylation is 1. The molecule has 0 saturated heterocycles. The summed E-state index contributed by atoms with van der Waals surface area (Å²) in [7, 11) is 0. The average molecular weight is 266 g/mol. The lowest BCUT2D eigenvalue weighted by molar-refractivity contribution is 1.08. The van der Waals surface area contributed by atoms with E-state index in [0.717, 1.165) is 26.3 Å². The summed E-state index contributed by atoms with van der Waals surface area (Å²) in [5.41, 5.74) is 1.70. The highest BCUT2D eigenvalue weighted by Gasteiger charge is 2.09. The van der Waals surface area contributed by atoms with Crippen molar-refractivity contribution >= 4 is 37.3 Å². The predicted octanol–water partition coefficient (Wildman–Crippen LogP) is 3.37. The number of hydrogen-bond donors (Lipinski definition) is 0. The zero-order chi connectivity index (χ0) is 13.0. The van der Waals surface area contributed by atoms with Gasteiger partial charge in [-0.05, 0) is 29.8 Å². The van der Waals surface area contributed by atoms with Crippen molar-refractivity contribution in [2.24, 2.45) is 0 Å². The highest BCUT2D eigenvalue weighted by molar-refractivity contribution is 7.23. The summed E-state index contributed by atoms with van der Waals surface area (Å²) in [5.74, 6) is 0. The van der Waals surface area contributed by atoms with Gasteiger partial charge in [0.15, 0.2) is 4.96 Å². The van der Waals surface area contributed by atoms with Crippen LogP contribution in [0.1, 0.15) is 5.69 Å². The third-order valence-electron chi connectivity index (χ3n) is 3.29. The maximum absolute atomic E-state index is 12.1. The number of aromatic nitrogens is 2. The number of nitrogens with zero attached hydrogens (tertiary/aromatic N) is 2. The van der Waals surface area contributed by atoms with Gasteiger partial charge in [0, 0.05) is 11.8 Å². The van der Waals surface area contributed by atoms with Crippen molar-refractivity contribution in [2.45, 2.75) is 6.92 Å². The fraction of sp³-hybridized carbons (Fsp3) is 0.0667. The van der Waals surface area contributed by atoms with Crippen LogP contribution >= 0.6 is 11.3 Å². The predicted molar refractivity (Wildman–Crippen MR) is 79.1 cm³/mol. The molecule has 2 aromatic heterocycles. The first kappa shape index (κ1) is 10.7. The van der Waals surface area contributed by atoms with E-state index in [4.69, 9.17) is 0 Å². The number of thiazole rings is 1. The van der Waals surface area contributed by atoms with Gasteiger partial charge >= 0.3 is 0 Å². The fourth-order valence-electron chi connectivity index (χ4n) is 2.42. The highest BCUT2D eigenvalue weighted by Crippen LogP contribution is 2.28. The van der Waals surface area contributed by atoms with Crippen molar-refractivity contribution in [2.75, 3.05) is 0 Å². The van der Waals surface area contributed by atoms with Gasteiger partial charge in [0.1, 0.15) is 0 Å². The maximum Gasteiger partial charge on any atom is 0.259 e. The van der Waals surface area contributed by atoms with Gasteiger partial charge in [-0.2, -0.15) is 0 Å². The summed E-state index contributed by atoms with van der Waals surface area (Å²) in [6.07, 6.45) is 0. The maximum atomic E-state index is 12.1. The third-order valence-corrected chi connectivity index (χ3v) is 4.29. The van der Waals surface area contributed by atoms with E-state index >= 15 is 0 Å². The van der Waals surface area contributed by atoms with Crippen LogP contribution < -0.4 is 5.56 Å². The molecule has 4 heteroatoms. The summed E-state index contributed by atoms with van der Waals surface area (Å²) in [4.78, 5) is 17.3. The van der Waals surface area contributed by atoms with E-state index in [2.05, 4.69) is 29.2 Å². The van der Waals surface area contributed by atoms with Crippen molar-refractivity contribution in [3.05, 3.63) is 58.5 Å². The fourth-order valence-corrected chi connectivity index (χ4v) is 3.53. The Morgan fingerprint density at radius 2 is 1.84 bits per heavy atom. The van der Waals surface area contributed by atoms with Crippen molar-refractivity contribution in [1.29, 1.82) is 0 Å². The van der Waals surface area contributed by atoms with E-state index in [9.17, 15) is 4.79 Å². The lowest BCUT2D eigenvalue weighted by atomic mass is 10.1. The molecule has 19 heavy (non-hydrogen) atoms. The summed E-state index contributed by atoms with van der Waals surface area (Å²) in [5, 5.41) is 2.33. The second-order valence-corrected chi connectivity index (χ2v) is 5.63. The minimum absolute atomic E-state index is 0.0102. The van der Waals surface area contributed by atoms with Crippen LogP contribution in [0.5, 0.6) is 0 Å². The molecule has 0 spiro atoms. The molecular weight excluding hydrogens is 256 g/mol. The highest BCUT2D eigenvalue weighted by atomic mass is 32.1. The zero-order valence-corrected chi connectivity index (χ0v) is 11.1. The molecular formula is C15H10N2OS. The number of hydrogen-bond acceptors (Lipinski definition) is 3. The number of rotatable bonds is 0. The first-order chi connectivity index (χ1) is 9.22. The normalized spacial score (nSPS) is 11.6. The first-order valence-corrected chi connectivity index (χ1v) is 6.86. The van der Waals surface area contributed by atoms with Gasteiger partial charge in [0.25, 0.3) is 5.56 Å². The lowest BCUT2D eigenvalue weighted by Gasteiger charge is -1.98. The summed E-state index contributed by atoms with van der Waals surface area (Å²) < 4.78 is 2.79. The Kier molecular flexibility index (Phi) is 2.05. The van der Waals surface area contributed by atoms with Gasteiger partial charge in [0.05, 0.1) is 10.2 Å². The Balaban J connectivity index is 2.30. The van der Waals surface area contributed by atoms with Gasteiger partial charge in [0.2, 0.25) is 0 Å². The molecule has 2 heterocycles. The second-order valence-electron chi connectivity index (χ2n) is 4.62. The summed E-state index contributed by atoms with van der Waals surface area (Å²) in [6.45, 7) is 1.85. The summed E-state index contributed by atoms with van der Waals surface area (Å²) in [6, 6.07) is 13.9. The molecule has 0 bridgehead atoms. The number of benzene rings is 2. The monoisotopic (exact) mass is 266 g/mol. The molecule has 92 valence electrons. The topological polar surface area (TPSA) is 34.4 Å². The molecule has 0 atom stereocenters. The Labute approximate surface area is 112 Å². The second kappa shape index (κ2) is 3.65. The Morgan fingerprint density at radius 3 is 2.63 bits per heavy atom. The van der Waals surface area contributed by atoms with Crippen molar-refractivity contribution in [3.63, 3.8) is 0 Å². The Bertz CT molecular complexity index is 997. The van der Waals surface area contributed by atoms with E-state index in [1.54, 1.807) is 21.8 Å². The van der Waals surface area contributed by atoms with Crippen LogP contribution in [0.25, 0.3) is 25.9 Å². The molecule has 0 aliphatic rings. The largest absolute Gasteiger partial charge is 0.269 e. The molecule has 0 aliphatic carbocycles. The van der Waals surface area contributed by atoms with E-state index in [0.29, 0.717) is 0 Å². The molecule has 0 saturated carbocycles. The van der Waals surface area contributed by atoms with Crippen LogP contribution in [-0.2, 0) is 0 Å². The number of fused-ring (bicyclic) bond motifs is 4. The smallest absolute Gasteiger partial charge is 0.259 e. The quantitative estimate of drug-likeness (QED) is 0.489. The van der Waals surface area contributed by atoms with Gasteiger partial charge in [-0.15, -0.1) is 0 Å². The van der Waals surface area contributed by atoms with Crippen LogP contribution in [0, 0.1) is 6.92 Å². The van der Waals surface area contributed by atoms with Gasteiger partial charge in [-0.25, -0.2) is 4.98 Å². The van der Waals surface area contributed by atoms with Crippen LogP contribution in [0.4, 0.5) is 0 Å². The average Bonchev–Trinajstić information content (AvgIpc) is 2.72. The third kappa shape index (κ3) is 1.50. The van der Waals surface area contributed by atoms with Crippen molar-refractivity contribution in [3.8, 4) is 0 Å². The molecule has 0 amide bonds. The van der Waals surface area contributed by atoms with E-state index in [1.807, 2.05) is 19.1 Å². The Morgan fingerprint density at radius 1 is 1.11 bits per heavy atom.